The molecule has 0 atom stereocenters. The summed E-state index contributed by atoms with van der Waals surface area (Å²) in [7, 11) is 5.80. The van der Waals surface area contributed by atoms with Crippen molar-refractivity contribution in [2.45, 2.75) is 6.42 Å². The molecule has 0 heterocycles. The molecule has 0 saturated carbocycles. The fourth-order valence-corrected chi connectivity index (χ4v) is 2.15. The van der Waals surface area contributed by atoms with Crippen LogP contribution in [0.4, 0.5) is 0 Å². The number of hydrogen-bond donors (Lipinski definition) is 0. The van der Waals surface area contributed by atoms with Crippen LogP contribution in [0.3, 0.4) is 0 Å². The zero-order valence-electron chi connectivity index (χ0n) is 12.3. The van der Waals surface area contributed by atoms with E-state index in [2.05, 4.69) is 61.6 Å². The highest BCUT2D eigenvalue weighted by molar-refractivity contribution is 5.67. The fraction of sp³-hybridized carbons (Fsp3) is 0.222. The summed E-state index contributed by atoms with van der Waals surface area (Å²) in [5.41, 5.74) is 3.85. The van der Waals surface area contributed by atoms with E-state index in [1.807, 2.05) is 18.2 Å². The first-order valence-electron chi connectivity index (χ1n) is 6.74. The Morgan fingerprint density at radius 2 is 1.65 bits per heavy atom. The fourth-order valence-electron chi connectivity index (χ4n) is 2.15. The zero-order valence-corrected chi connectivity index (χ0v) is 12.3. The molecule has 0 spiro atoms. The van der Waals surface area contributed by atoms with E-state index >= 15 is 0 Å². The third-order valence-corrected chi connectivity index (χ3v) is 3.11. The molecular formula is C18H21NO. The summed E-state index contributed by atoms with van der Waals surface area (Å²) in [5.74, 6) is 0.895. The van der Waals surface area contributed by atoms with Gasteiger partial charge >= 0.3 is 0 Å². The topological polar surface area (TPSA) is 12.5 Å². The first kappa shape index (κ1) is 14.2. The van der Waals surface area contributed by atoms with E-state index < -0.39 is 0 Å². The Labute approximate surface area is 121 Å². The molecular weight excluding hydrogens is 246 g/mol. The summed E-state index contributed by atoms with van der Waals surface area (Å²) in [6, 6.07) is 18.7. The molecule has 0 fully saturated rings. The Balaban J connectivity index is 2.24. The van der Waals surface area contributed by atoms with Crippen LogP contribution in [0, 0.1) is 0 Å². The van der Waals surface area contributed by atoms with Crippen LogP contribution in [0.15, 0.2) is 60.8 Å². The zero-order chi connectivity index (χ0) is 14.4. The highest BCUT2D eigenvalue weighted by atomic mass is 16.5. The van der Waals surface area contributed by atoms with Crippen molar-refractivity contribution in [3.05, 3.63) is 71.9 Å². The van der Waals surface area contributed by atoms with Gasteiger partial charge in [-0.1, -0.05) is 42.5 Å². The van der Waals surface area contributed by atoms with Gasteiger partial charge in [0.25, 0.3) is 0 Å². The summed E-state index contributed by atoms with van der Waals surface area (Å²) in [5, 5.41) is 0. The number of nitrogens with zero attached hydrogens (tertiary/aromatic N) is 1. The molecule has 2 aromatic carbocycles. The highest BCUT2D eigenvalue weighted by Crippen LogP contribution is 2.21. The van der Waals surface area contributed by atoms with Crippen LogP contribution in [0.1, 0.15) is 11.1 Å². The maximum atomic E-state index is 5.20. The molecule has 2 aromatic rings. The molecule has 0 aliphatic carbocycles. The number of ether oxygens (including phenoxy) is 1. The quantitative estimate of drug-likeness (QED) is 0.816. The minimum Gasteiger partial charge on any atom is -0.497 e. The number of benzene rings is 2. The molecule has 2 heteroatoms. The van der Waals surface area contributed by atoms with Gasteiger partial charge in [-0.2, -0.15) is 0 Å². The van der Waals surface area contributed by atoms with Gasteiger partial charge in [-0.15, -0.1) is 0 Å². The van der Waals surface area contributed by atoms with E-state index in [9.17, 15) is 0 Å². The van der Waals surface area contributed by atoms with E-state index in [1.54, 1.807) is 7.11 Å². The van der Waals surface area contributed by atoms with Crippen molar-refractivity contribution in [2.24, 2.45) is 0 Å². The third-order valence-electron chi connectivity index (χ3n) is 3.11. The van der Waals surface area contributed by atoms with Crippen LogP contribution < -0.4 is 4.74 Å². The average molecular weight is 267 g/mol. The number of allylic oxidation sites excluding steroid dienone is 1. The standard InChI is InChI=1S/C18H21NO/c1-19(2)14-17(16-7-5-4-6-8-16)13-15-9-11-18(20-3)12-10-15/h4-12,14H,13H2,1-3H3. The molecule has 20 heavy (non-hydrogen) atoms. The SMILES string of the molecule is COc1ccc(CC(=CN(C)C)c2ccccc2)cc1. The molecule has 0 radical (unpaired) electrons. The molecule has 2 nitrogen and oxygen atoms in total. The lowest BCUT2D eigenvalue weighted by Crippen LogP contribution is -2.04. The predicted octanol–water partition coefficient (Wildman–Crippen LogP) is 3.84. The largest absolute Gasteiger partial charge is 0.497 e. The monoisotopic (exact) mass is 267 g/mol. The van der Waals surface area contributed by atoms with Gasteiger partial charge in [0, 0.05) is 20.3 Å². The second kappa shape index (κ2) is 6.80. The van der Waals surface area contributed by atoms with E-state index in [1.165, 1.54) is 16.7 Å². The smallest absolute Gasteiger partial charge is 0.118 e. The van der Waals surface area contributed by atoms with Crippen molar-refractivity contribution in [2.75, 3.05) is 21.2 Å². The average Bonchev–Trinajstić information content (AvgIpc) is 2.48. The van der Waals surface area contributed by atoms with Crippen LogP contribution in [0.5, 0.6) is 5.75 Å². The Kier molecular flexibility index (Phi) is 4.83. The summed E-state index contributed by atoms with van der Waals surface area (Å²) in [6.45, 7) is 0. The molecule has 0 saturated heterocycles. The lowest BCUT2D eigenvalue weighted by atomic mass is 9.99. The second-order valence-corrected chi connectivity index (χ2v) is 5.01. The number of rotatable bonds is 5. The Morgan fingerprint density at radius 3 is 2.20 bits per heavy atom. The lowest BCUT2D eigenvalue weighted by molar-refractivity contribution is 0.414. The molecule has 0 aliphatic rings. The van der Waals surface area contributed by atoms with Crippen molar-refractivity contribution in [3.8, 4) is 5.75 Å². The van der Waals surface area contributed by atoms with E-state index in [4.69, 9.17) is 4.74 Å². The number of hydrogen-bond acceptors (Lipinski definition) is 2. The molecule has 104 valence electrons. The first-order valence-corrected chi connectivity index (χ1v) is 6.74. The maximum Gasteiger partial charge on any atom is 0.118 e. The first-order chi connectivity index (χ1) is 9.69. The van der Waals surface area contributed by atoms with Crippen molar-refractivity contribution in [1.82, 2.24) is 4.90 Å². The van der Waals surface area contributed by atoms with Crippen molar-refractivity contribution < 1.29 is 4.74 Å². The molecule has 0 amide bonds. The highest BCUT2D eigenvalue weighted by Gasteiger charge is 2.04. The van der Waals surface area contributed by atoms with Crippen molar-refractivity contribution in [1.29, 1.82) is 0 Å². The van der Waals surface area contributed by atoms with Crippen LogP contribution in [-0.2, 0) is 6.42 Å². The molecule has 0 N–H and O–H groups in total. The van der Waals surface area contributed by atoms with Gasteiger partial charge in [0.1, 0.15) is 5.75 Å². The van der Waals surface area contributed by atoms with E-state index in [0.29, 0.717) is 0 Å². The summed E-state index contributed by atoms with van der Waals surface area (Å²) < 4.78 is 5.20. The molecule has 2 rings (SSSR count). The minimum absolute atomic E-state index is 0.895. The lowest BCUT2D eigenvalue weighted by Gasteiger charge is -2.13. The van der Waals surface area contributed by atoms with Gasteiger partial charge in [0.05, 0.1) is 7.11 Å². The van der Waals surface area contributed by atoms with Crippen LogP contribution in [0.2, 0.25) is 0 Å². The van der Waals surface area contributed by atoms with Gasteiger partial charge in [0.15, 0.2) is 0 Å². The third kappa shape index (κ3) is 3.89. The second-order valence-electron chi connectivity index (χ2n) is 5.01. The van der Waals surface area contributed by atoms with Gasteiger partial charge in [-0.25, -0.2) is 0 Å². The molecule has 0 bridgehead atoms. The predicted molar refractivity (Wildman–Crippen MR) is 84.8 cm³/mol. The number of methoxy groups -OCH3 is 1. The van der Waals surface area contributed by atoms with Crippen molar-refractivity contribution in [3.63, 3.8) is 0 Å². The molecule has 0 aliphatic heterocycles. The minimum atomic E-state index is 0.895. The van der Waals surface area contributed by atoms with Crippen LogP contribution >= 0.6 is 0 Å². The van der Waals surface area contributed by atoms with Crippen LogP contribution in [0.25, 0.3) is 5.57 Å². The van der Waals surface area contributed by atoms with Crippen molar-refractivity contribution >= 4 is 5.57 Å². The summed E-state index contributed by atoms with van der Waals surface area (Å²) in [4.78, 5) is 2.09. The van der Waals surface area contributed by atoms with Gasteiger partial charge in [0.2, 0.25) is 0 Å². The van der Waals surface area contributed by atoms with Gasteiger partial charge in [-0.05, 0) is 35.3 Å². The maximum absolute atomic E-state index is 5.20. The Morgan fingerprint density at radius 1 is 1.00 bits per heavy atom. The summed E-state index contributed by atoms with van der Waals surface area (Å²) in [6.07, 6.45) is 3.09. The van der Waals surface area contributed by atoms with E-state index in [-0.39, 0.29) is 0 Å². The van der Waals surface area contributed by atoms with Gasteiger partial charge in [-0.3, -0.25) is 0 Å². The van der Waals surface area contributed by atoms with Gasteiger partial charge < -0.3 is 9.64 Å². The molecule has 0 aromatic heterocycles. The molecule has 0 unspecified atom stereocenters. The Bertz CT molecular complexity index is 556. The van der Waals surface area contributed by atoms with E-state index in [0.717, 1.165) is 12.2 Å². The summed E-state index contributed by atoms with van der Waals surface area (Å²) >= 11 is 0. The Hall–Kier alpha value is -2.22. The normalized spacial score (nSPS) is 11.2. The van der Waals surface area contributed by atoms with Crippen LogP contribution in [-0.4, -0.2) is 26.1 Å².